The second-order valence-electron chi connectivity index (χ2n) is 8.59. The molecule has 4 atom stereocenters. The SMILES string of the molecule is C=O.CC(=O)NC[C@@H]1CCCC2(C=O)C3=C(F)CCC(P)=C3OC[C@@H]12.Cc1ccc(Cl)cc1. The van der Waals surface area contributed by atoms with Crippen LogP contribution in [0.1, 0.15) is 44.6 Å². The van der Waals surface area contributed by atoms with Crippen LogP contribution in [-0.2, 0) is 19.1 Å². The van der Waals surface area contributed by atoms with Crippen molar-refractivity contribution in [2.75, 3.05) is 13.2 Å². The van der Waals surface area contributed by atoms with E-state index in [0.717, 1.165) is 29.5 Å². The Kier molecular flexibility index (Phi) is 10.2. The molecule has 0 spiro atoms. The molecule has 1 aromatic carbocycles. The number of benzene rings is 1. The molecule has 4 rings (SSSR count). The Bertz CT molecular complexity index is 896. The standard InChI is InChI=1S/C17H23FNO3P.C7H7Cl.CH2O/c1-10(21)19-7-11-3-2-6-17(9-20)12(11)8-22-16-14(23)5-4-13(18)15(16)17;1-6-2-4-7(8)5-3-6;1-2/h9,11-12H,2-8,23H2,1H3,(H,19,21);2-5H,1H3;1H2/t11-,12-,17?;;/m0../s1. The summed E-state index contributed by atoms with van der Waals surface area (Å²) in [4.78, 5) is 31.4. The third-order valence-corrected chi connectivity index (χ3v) is 7.31. The second kappa shape index (κ2) is 12.4. The van der Waals surface area contributed by atoms with Crippen LogP contribution in [0.2, 0.25) is 5.02 Å². The number of aldehydes is 1. The monoisotopic (exact) mass is 495 g/mol. The first-order valence-corrected chi connectivity index (χ1v) is 12.0. The molecule has 2 aliphatic carbocycles. The zero-order valence-corrected chi connectivity index (χ0v) is 21.1. The number of carbonyl (C=O) groups excluding carboxylic acids is 3. The minimum atomic E-state index is -0.804. The fraction of sp³-hybridized carbons (Fsp3) is 0.480. The summed E-state index contributed by atoms with van der Waals surface area (Å²) in [5, 5.41) is 4.60. The lowest BCUT2D eigenvalue weighted by molar-refractivity contribution is -0.125. The molecule has 1 heterocycles. The minimum absolute atomic E-state index is 0.0824. The molecule has 1 saturated heterocycles. The van der Waals surface area contributed by atoms with Crippen molar-refractivity contribution in [3.8, 4) is 0 Å². The summed E-state index contributed by atoms with van der Waals surface area (Å²) >= 11 is 5.61. The number of amides is 1. The highest BCUT2D eigenvalue weighted by Crippen LogP contribution is 2.57. The van der Waals surface area contributed by atoms with Crippen molar-refractivity contribution in [2.24, 2.45) is 17.3 Å². The van der Waals surface area contributed by atoms with Crippen LogP contribution in [0.4, 0.5) is 4.39 Å². The maximum absolute atomic E-state index is 14.7. The van der Waals surface area contributed by atoms with Crippen LogP contribution in [0.15, 0.2) is 46.7 Å². The van der Waals surface area contributed by atoms with E-state index in [1.807, 2.05) is 38.0 Å². The van der Waals surface area contributed by atoms with Crippen LogP contribution in [0.25, 0.3) is 0 Å². The quantitative estimate of drug-likeness (QED) is 0.455. The van der Waals surface area contributed by atoms with Crippen LogP contribution in [0.3, 0.4) is 0 Å². The molecular formula is C25H32ClFNO4P. The molecule has 8 heteroatoms. The Labute approximate surface area is 202 Å². The molecule has 3 aliphatic rings. The van der Waals surface area contributed by atoms with Crippen molar-refractivity contribution in [3.63, 3.8) is 0 Å². The molecule has 180 valence electrons. The lowest BCUT2D eigenvalue weighted by Gasteiger charge is -2.50. The largest absolute Gasteiger partial charge is 0.493 e. The van der Waals surface area contributed by atoms with Gasteiger partial charge < -0.3 is 19.6 Å². The number of nitrogens with one attached hydrogen (secondary N) is 1. The van der Waals surface area contributed by atoms with Crippen LogP contribution >= 0.6 is 20.8 Å². The van der Waals surface area contributed by atoms with Gasteiger partial charge in [0, 0.05) is 36.4 Å². The number of fused-ring (bicyclic) bond motifs is 3. The summed E-state index contributed by atoms with van der Waals surface area (Å²) in [6, 6.07) is 7.75. The molecule has 0 bridgehead atoms. The summed E-state index contributed by atoms with van der Waals surface area (Å²) in [6.07, 6.45) is 4.33. The van der Waals surface area contributed by atoms with Gasteiger partial charge in [-0.05, 0) is 49.6 Å². The second-order valence-corrected chi connectivity index (χ2v) is 9.73. The van der Waals surface area contributed by atoms with E-state index in [9.17, 15) is 14.0 Å². The molecule has 2 fully saturated rings. The van der Waals surface area contributed by atoms with E-state index in [2.05, 4.69) is 14.6 Å². The molecule has 2 unspecified atom stereocenters. The summed E-state index contributed by atoms with van der Waals surface area (Å²) in [6.45, 7) is 6.45. The average Bonchev–Trinajstić information content (AvgIpc) is 2.83. The highest BCUT2D eigenvalue weighted by atomic mass is 35.5. The van der Waals surface area contributed by atoms with Gasteiger partial charge >= 0.3 is 0 Å². The van der Waals surface area contributed by atoms with Crippen molar-refractivity contribution in [2.45, 2.75) is 46.0 Å². The highest BCUT2D eigenvalue weighted by Gasteiger charge is 2.54. The smallest absolute Gasteiger partial charge is 0.216 e. The number of rotatable bonds is 3. The van der Waals surface area contributed by atoms with Gasteiger partial charge in [-0.25, -0.2) is 4.39 Å². The van der Waals surface area contributed by atoms with E-state index in [4.69, 9.17) is 21.1 Å². The Morgan fingerprint density at radius 3 is 2.58 bits per heavy atom. The van der Waals surface area contributed by atoms with Gasteiger partial charge in [-0.15, -0.1) is 9.24 Å². The Morgan fingerprint density at radius 2 is 2.00 bits per heavy atom. The third-order valence-electron chi connectivity index (χ3n) is 6.51. The van der Waals surface area contributed by atoms with Crippen LogP contribution in [0.5, 0.6) is 0 Å². The van der Waals surface area contributed by atoms with Gasteiger partial charge in [0.1, 0.15) is 24.7 Å². The van der Waals surface area contributed by atoms with Gasteiger partial charge in [0.25, 0.3) is 0 Å². The van der Waals surface area contributed by atoms with Crippen molar-refractivity contribution in [3.05, 3.63) is 57.3 Å². The summed E-state index contributed by atoms with van der Waals surface area (Å²) in [5.74, 6) is 0.334. The molecule has 0 aromatic heterocycles. The van der Waals surface area contributed by atoms with Crippen molar-refractivity contribution < 1.29 is 23.5 Å². The molecule has 5 nitrogen and oxygen atoms in total. The first-order valence-electron chi connectivity index (χ1n) is 11.0. The fourth-order valence-corrected chi connectivity index (χ4v) is 5.38. The number of hydrogen-bond donors (Lipinski definition) is 1. The Balaban J connectivity index is 0.000000323. The van der Waals surface area contributed by atoms with Gasteiger partial charge in [0.2, 0.25) is 5.91 Å². The Hall–Kier alpha value is -2.04. The van der Waals surface area contributed by atoms with Gasteiger partial charge in [0.15, 0.2) is 0 Å². The lowest BCUT2D eigenvalue weighted by Crippen LogP contribution is -2.51. The lowest BCUT2D eigenvalue weighted by atomic mass is 9.57. The average molecular weight is 496 g/mol. The van der Waals surface area contributed by atoms with Gasteiger partial charge in [-0.3, -0.25) is 4.79 Å². The summed E-state index contributed by atoms with van der Waals surface area (Å²) in [7, 11) is 2.63. The number of carbonyl (C=O) groups is 3. The minimum Gasteiger partial charge on any atom is -0.493 e. The molecule has 0 radical (unpaired) electrons. The number of aryl methyl sites for hydroxylation is 1. The zero-order valence-electron chi connectivity index (χ0n) is 19.2. The first-order chi connectivity index (χ1) is 15.8. The summed E-state index contributed by atoms with van der Waals surface area (Å²) in [5.41, 5.74) is 0.920. The van der Waals surface area contributed by atoms with E-state index < -0.39 is 5.41 Å². The van der Waals surface area contributed by atoms with Crippen LogP contribution in [0, 0.1) is 24.2 Å². The van der Waals surface area contributed by atoms with E-state index in [-0.39, 0.29) is 23.6 Å². The normalized spacial score (nSPS) is 25.7. The predicted molar refractivity (Wildman–Crippen MR) is 131 cm³/mol. The number of halogens is 2. The molecular weight excluding hydrogens is 464 g/mol. The number of allylic oxidation sites excluding steroid dienone is 3. The van der Waals surface area contributed by atoms with E-state index >= 15 is 0 Å². The molecule has 1 aromatic rings. The molecule has 1 amide bonds. The molecule has 33 heavy (non-hydrogen) atoms. The van der Waals surface area contributed by atoms with E-state index in [1.54, 1.807) is 0 Å². The van der Waals surface area contributed by atoms with Crippen LogP contribution < -0.4 is 5.32 Å². The van der Waals surface area contributed by atoms with E-state index in [0.29, 0.717) is 43.7 Å². The molecule has 1 saturated carbocycles. The number of hydrogen-bond acceptors (Lipinski definition) is 4. The molecule has 1 aliphatic heterocycles. The van der Waals surface area contributed by atoms with Crippen LogP contribution in [-0.4, -0.2) is 32.1 Å². The third kappa shape index (κ3) is 6.30. The van der Waals surface area contributed by atoms with E-state index in [1.165, 1.54) is 12.5 Å². The van der Waals surface area contributed by atoms with Gasteiger partial charge in [-0.1, -0.05) is 35.7 Å². The number of ether oxygens (including phenoxy) is 1. The van der Waals surface area contributed by atoms with Gasteiger partial charge in [-0.2, -0.15) is 0 Å². The maximum atomic E-state index is 14.7. The first kappa shape index (κ1) is 27.2. The van der Waals surface area contributed by atoms with Gasteiger partial charge in [0.05, 0.1) is 12.0 Å². The maximum Gasteiger partial charge on any atom is 0.216 e. The highest BCUT2D eigenvalue weighted by molar-refractivity contribution is 7.22. The van der Waals surface area contributed by atoms with Crippen molar-refractivity contribution in [1.82, 2.24) is 5.32 Å². The Morgan fingerprint density at radius 1 is 1.33 bits per heavy atom. The zero-order chi connectivity index (χ0) is 24.6. The van der Waals surface area contributed by atoms with Crippen molar-refractivity contribution in [1.29, 1.82) is 0 Å². The predicted octanol–water partition coefficient (Wildman–Crippen LogP) is 5.32. The van der Waals surface area contributed by atoms with Crippen molar-refractivity contribution >= 4 is 39.8 Å². The fourth-order valence-electron chi connectivity index (χ4n) is 4.89. The topological polar surface area (TPSA) is 72.5 Å². The molecule has 1 N–H and O–H groups in total. The summed E-state index contributed by atoms with van der Waals surface area (Å²) < 4.78 is 20.6.